The molecule has 2 aliphatic heterocycles. The lowest BCUT2D eigenvalue weighted by Crippen LogP contribution is -2.61. The van der Waals surface area contributed by atoms with E-state index in [2.05, 4.69) is 23.7 Å². The maximum atomic E-state index is 14.2. The Morgan fingerprint density at radius 2 is 1.82 bits per heavy atom. The SMILES string of the molecule is CC1(C)CN(c2ccc(Cl)c(F)c2)c2ccc(C(=O)N3CCN(c4cc(CC(=O)O)ccn4)CC3(C)C)nc21. The number of carbonyl (C=O) groups excluding carboxylic acids is 1. The third kappa shape index (κ3) is 5.15. The van der Waals surface area contributed by atoms with Crippen LogP contribution >= 0.6 is 11.6 Å². The van der Waals surface area contributed by atoms with Crippen molar-refractivity contribution in [3.63, 3.8) is 0 Å². The summed E-state index contributed by atoms with van der Waals surface area (Å²) in [6.45, 7) is 10.3. The Bertz CT molecular complexity index is 1460. The van der Waals surface area contributed by atoms with Crippen LogP contribution in [0.3, 0.4) is 0 Å². The fourth-order valence-corrected chi connectivity index (χ4v) is 5.63. The Labute approximate surface area is 232 Å². The highest BCUT2D eigenvalue weighted by molar-refractivity contribution is 6.30. The van der Waals surface area contributed by atoms with Gasteiger partial charge in [-0.05, 0) is 61.9 Å². The number of nitrogens with zero attached hydrogens (tertiary/aromatic N) is 5. The van der Waals surface area contributed by atoms with Crippen LogP contribution in [0.1, 0.15) is 49.4 Å². The van der Waals surface area contributed by atoms with Crippen LogP contribution in [0.25, 0.3) is 0 Å². The molecule has 0 unspecified atom stereocenters. The van der Waals surface area contributed by atoms with Crippen LogP contribution in [0.4, 0.5) is 21.6 Å². The van der Waals surface area contributed by atoms with E-state index in [1.807, 2.05) is 29.7 Å². The summed E-state index contributed by atoms with van der Waals surface area (Å²) in [5, 5.41) is 9.21. The molecule has 2 aliphatic rings. The number of carboxylic acids is 1. The molecule has 1 N–H and O–H groups in total. The van der Waals surface area contributed by atoms with Gasteiger partial charge in [0.25, 0.3) is 5.91 Å². The van der Waals surface area contributed by atoms with Crippen LogP contribution in [0.15, 0.2) is 48.7 Å². The molecule has 2 aromatic heterocycles. The quantitative estimate of drug-likeness (QED) is 0.473. The van der Waals surface area contributed by atoms with Crippen molar-refractivity contribution in [1.82, 2.24) is 14.9 Å². The molecular formula is C29H31ClFN5O3. The largest absolute Gasteiger partial charge is 0.481 e. The van der Waals surface area contributed by atoms with Gasteiger partial charge in [-0.25, -0.2) is 14.4 Å². The lowest BCUT2D eigenvalue weighted by molar-refractivity contribution is -0.136. The highest BCUT2D eigenvalue weighted by atomic mass is 35.5. The summed E-state index contributed by atoms with van der Waals surface area (Å²) >= 11 is 5.89. The van der Waals surface area contributed by atoms with Crippen molar-refractivity contribution in [3.8, 4) is 0 Å². The molecule has 4 heterocycles. The van der Waals surface area contributed by atoms with E-state index in [1.54, 1.807) is 36.5 Å². The third-order valence-corrected chi connectivity index (χ3v) is 7.74. The first-order valence-corrected chi connectivity index (χ1v) is 13.2. The van der Waals surface area contributed by atoms with E-state index >= 15 is 0 Å². The van der Waals surface area contributed by atoms with Gasteiger partial charge in [0, 0.05) is 43.5 Å². The van der Waals surface area contributed by atoms with Crippen LogP contribution in [0.5, 0.6) is 0 Å². The van der Waals surface area contributed by atoms with Gasteiger partial charge in [-0.3, -0.25) is 9.59 Å². The number of anilines is 3. The minimum Gasteiger partial charge on any atom is -0.481 e. The number of carboxylic acid groups (broad SMARTS) is 1. The van der Waals surface area contributed by atoms with Crippen LogP contribution in [-0.4, -0.2) is 63.6 Å². The van der Waals surface area contributed by atoms with Crippen molar-refractivity contribution >= 4 is 40.7 Å². The number of fused-ring (bicyclic) bond motifs is 1. The molecular weight excluding hydrogens is 521 g/mol. The van der Waals surface area contributed by atoms with Gasteiger partial charge in [0.05, 0.1) is 28.4 Å². The molecule has 0 saturated carbocycles. The Morgan fingerprint density at radius 1 is 1.05 bits per heavy atom. The van der Waals surface area contributed by atoms with E-state index in [1.165, 1.54) is 6.07 Å². The third-order valence-electron chi connectivity index (χ3n) is 7.43. The maximum absolute atomic E-state index is 14.2. The Hall–Kier alpha value is -3.72. The molecule has 1 aromatic carbocycles. The molecule has 10 heteroatoms. The smallest absolute Gasteiger partial charge is 0.307 e. The van der Waals surface area contributed by atoms with Gasteiger partial charge in [-0.15, -0.1) is 0 Å². The molecule has 1 saturated heterocycles. The van der Waals surface area contributed by atoms with Crippen LogP contribution in [0.2, 0.25) is 5.02 Å². The average Bonchev–Trinajstić information content (AvgIpc) is 3.14. The van der Waals surface area contributed by atoms with Gasteiger partial charge < -0.3 is 19.8 Å². The van der Waals surface area contributed by atoms with Crippen molar-refractivity contribution in [1.29, 1.82) is 0 Å². The minimum absolute atomic E-state index is 0.0674. The number of aromatic nitrogens is 2. The molecule has 0 bridgehead atoms. The first-order valence-electron chi connectivity index (χ1n) is 12.8. The molecule has 1 amide bonds. The first kappa shape index (κ1) is 26.9. The molecule has 39 heavy (non-hydrogen) atoms. The van der Waals surface area contributed by atoms with E-state index in [4.69, 9.17) is 21.7 Å². The molecule has 3 aromatic rings. The van der Waals surface area contributed by atoms with E-state index < -0.39 is 17.3 Å². The number of hydrogen-bond donors (Lipinski definition) is 1. The highest BCUT2D eigenvalue weighted by Crippen LogP contribution is 2.44. The first-order chi connectivity index (χ1) is 18.4. The zero-order chi connectivity index (χ0) is 28.1. The normalized spacial score (nSPS) is 17.7. The van der Waals surface area contributed by atoms with Crippen molar-refractivity contribution in [2.24, 2.45) is 0 Å². The molecule has 0 radical (unpaired) electrons. The van der Waals surface area contributed by atoms with E-state index in [0.717, 1.165) is 11.4 Å². The fourth-order valence-electron chi connectivity index (χ4n) is 5.51. The summed E-state index contributed by atoms with van der Waals surface area (Å²) < 4.78 is 14.2. The van der Waals surface area contributed by atoms with Crippen molar-refractivity contribution in [2.75, 3.05) is 36.0 Å². The fraction of sp³-hybridized carbons (Fsp3) is 0.379. The zero-order valence-corrected chi connectivity index (χ0v) is 23.2. The predicted octanol–water partition coefficient (Wildman–Crippen LogP) is 5.07. The topological polar surface area (TPSA) is 89.9 Å². The molecule has 0 aliphatic carbocycles. The van der Waals surface area contributed by atoms with E-state index in [0.29, 0.717) is 48.9 Å². The predicted molar refractivity (Wildman–Crippen MR) is 149 cm³/mol. The molecule has 0 atom stereocenters. The number of benzene rings is 1. The van der Waals surface area contributed by atoms with Crippen LogP contribution in [-0.2, 0) is 16.6 Å². The number of amides is 1. The number of halogens is 2. The van der Waals surface area contributed by atoms with Crippen molar-refractivity contribution in [3.05, 3.63) is 76.5 Å². The van der Waals surface area contributed by atoms with Gasteiger partial charge in [0.2, 0.25) is 0 Å². The Balaban J connectivity index is 1.38. The number of pyridine rings is 2. The van der Waals surface area contributed by atoms with Crippen LogP contribution in [0, 0.1) is 5.82 Å². The molecule has 5 rings (SSSR count). The van der Waals surface area contributed by atoms with Crippen molar-refractivity contribution < 1.29 is 19.1 Å². The van der Waals surface area contributed by atoms with Crippen molar-refractivity contribution in [2.45, 2.75) is 45.1 Å². The highest BCUT2D eigenvalue weighted by Gasteiger charge is 2.41. The summed E-state index contributed by atoms with van der Waals surface area (Å²) in [4.78, 5) is 40.1. The second kappa shape index (κ2) is 9.79. The summed E-state index contributed by atoms with van der Waals surface area (Å²) in [6, 6.07) is 11.9. The number of hydrogen-bond acceptors (Lipinski definition) is 6. The van der Waals surface area contributed by atoms with Gasteiger partial charge in [-0.1, -0.05) is 25.4 Å². The molecule has 204 valence electrons. The second-order valence-corrected chi connectivity index (χ2v) is 11.8. The molecule has 1 fully saturated rings. The van der Waals surface area contributed by atoms with E-state index in [-0.39, 0.29) is 22.8 Å². The average molecular weight is 552 g/mol. The summed E-state index contributed by atoms with van der Waals surface area (Å²) in [5.41, 5.74) is 2.49. The maximum Gasteiger partial charge on any atom is 0.307 e. The Morgan fingerprint density at radius 3 is 2.51 bits per heavy atom. The summed E-state index contributed by atoms with van der Waals surface area (Å²) in [5.74, 6) is -0.825. The van der Waals surface area contributed by atoms with Gasteiger partial charge >= 0.3 is 5.97 Å². The number of aliphatic carboxylic acids is 1. The zero-order valence-electron chi connectivity index (χ0n) is 22.4. The standard InChI is InChI=1S/C29H31ClFN5O3/c1-28(2)16-35(19-5-6-20(30)21(31)15-19)23-8-7-22(33-26(23)28)27(39)36-12-11-34(17-29(36,3)4)24-13-18(9-10-32-24)14-25(37)38/h5-10,13,15H,11-12,14,16-17H2,1-4H3,(H,37,38). The second-order valence-electron chi connectivity index (χ2n) is 11.4. The van der Waals surface area contributed by atoms with Crippen LogP contribution < -0.4 is 9.80 Å². The Kier molecular flexibility index (Phi) is 6.74. The van der Waals surface area contributed by atoms with E-state index in [9.17, 15) is 14.0 Å². The van der Waals surface area contributed by atoms with Gasteiger partial charge in [0.1, 0.15) is 17.3 Å². The molecule has 8 nitrogen and oxygen atoms in total. The van der Waals surface area contributed by atoms with Gasteiger partial charge in [-0.2, -0.15) is 0 Å². The van der Waals surface area contributed by atoms with Gasteiger partial charge in [0.15, 0.2) is 0 Å². The minimum atomic E-state index is -0.892. The monoisotopic (exact) mass is 551 g/mol. The number of rotatable bonds is 5. The summed E-state index contributed by atoms with van der Waals surface area (Å²) in [7, 11) is 0. The molecule has 0 spiro atoms. The lowest BCUT2D eigenvalue weighted by atomic mass is 9.91. The summed E-state index contributed by atoms with van der Waals surface area (Å²) in [6.07, 6.45) is 1.55. The number of carbonyl (C=O) groups is 2. The number of piperazine rings is 1. The lowest BCUT2D eigenvalue weighted by Gasteiger charge is -2.47.